The molecule has 2 amide bonds. The lowest BCUT2D eigenvalue weighted by atomic mass is 10.0. The van der Waals surface area contributed by atoms with Gasteiger partial charge >= 0.3 is 0 Å². The van der Waals surface area contributed by atoms with E-state index >= 15 is 0 Å². The van der Waals surface area contributed by atoms with Crippen LogP contribution in [0.15, 0.2) is 23.1 Å². The Morgan fingerprint density at radius 2 is 2.14 bits per heavy atom. The topological polar surface area (TPSA) is 97.4 Å². The summed E-state index contributed by atoms with van der Waals surface area (Å²) in [6.45, 7) is 0.436. The Kier molecular flexibility index (Phi) is 4.62. The lowest BCUT2D eigenvalue weighted by Gasteiger charge is -2.34. The minimum Gasteiger partial charge on any atom is -0.398 e. The smallest absolute Gasteiger partial charge is 0.251 e. The van der Waals surface area contributed by atoms with Gasteiger partial charge in [-0.1, -0.05) is 0 Å². The second kappa shape index (κ2) is 6.43. The Morgan fingerprint density at radius 1 is 1.38 bits per heavy atom. The molecule has 1 aromatic rings. The van der Waals surface area contributed by atoms with Gasteiger partial charge in [0.2, 0.25) is 11.8 Å². The van der Waals surface area contributed by atoms with Gasteiger partial charge in [-0.15, -0.1) is 0 Å². The van der Waals surface area contributed by atoms with Crippen LogP contribution in [-0.2, 0) is 16.1 Å². The van der Waals surface area contributed by atoms with Crippen LogP contribution < -0.4 is 16.6 Å². The van der Waals surface area contributed by atoms with Gasteiger partial charge in [0.25, 0.3) is 5.56 Å². The summed E-state index contributed by atoms with van der Waals surface area (Å²) in [5.41, 5.74) is 5.76. The third-order valence-electron chi connectivity index (χ3n) is 3.68. The molecule has 114 valence electrons. The summed E-state index contributed by atoms with van der Waals surface area (Å²) in [4.78, 5) is 37.5. The summed E-state index contributed by atoms with van der Waals surface area (Å²) < 4.78 is 1.27. The first kappa shape index (κ1) is 15.1. The first-order valence-electron chi connectivity index (χ1n) is 7.00. The van der Waals surface area contributed by atoms with Crippen LogP contribution in [0.5, 0.6) is 0 Å². The Labute approximate surface area is 122 Å². The molecule has 2 heterocycles. The zero-order chi connectivity index (χ0) is 15.4. The number of carbonyl (C=O) groups is 2. The van der Waals surface area contributed by atoms with Crippen LogP contribution in [0.2, 0.25) is 0 Å². The van der Waals surface area contributed by atoms with Crippen molar-refractivity contribution in [3.8, 4) is 0 Å². The average molecular weight is 292 g/mol. The lowest BCUT2D eigenvalue weighted by molar-refractivity contribution is -0.142. The molecule has 0 radical (unpaired) electrons. The average Bonchev–Trinajstić information content (AvgIpc) is 2.50. The van der Waals surface area contributed by atoms with E-state index in [1.54, 1.807) is 11.9 Å². The van der Waals surface area contributed by atoms with Gasteiger partial charge in [0, 0.05) is 31.5 Å². The molecular weight excluding hydrogens is 272 g/mol. The van der Waals surface area contributed by atoms with Crippen molar-refractivity contribution in [3.63, 3.8) is 0 Å². The Morgan fingerprint density at radius 3 is 2.86 bits per heavy atom. The van der Waals surface area contributed by atoms with Gasteiger partial charge in [-0.3, -0.25) is 14.4 Å². The molecule has 1 aliphatic rings. The lowest BCUT2D eigenvalue weighted by Crippen LogP contribution is -2.52. The molecule has 0 bridgehead atoms. The number of nitrogen functional groups attached to an aromatic ring is 1. The largest absolute Gasteiger partial charge is 0.398 e. The minimum atomic E-state index is -0.451. The van der Waals surface area contributed by atoms with Gasteiger partial charge in [-0.05, 0) is 25.3 Å². The molecule has 1 atom stereocenters. The minimum absolute atomic E-state index is 0.0998. The van der Waals surface area contributed by atoms with Crippen LogP contribution in [0, 0.1) is 0 Å². The number of nitrogens with two attached hydrogens (primary N) is 1. The second-order valence-electron chi connectivity index (χ2n) is 5.14. The van der Waals surface area contributed by atoms with E-state index in [4.69, 9.17) is 5.73 Å². The summed E-state index contributed by atoms with van der Waals surface area (Å²) in [5.74, 6) is -0.404. The number of likely N-dealkylation sites (tertiary alicyclic amines) is 1. The highest BCUT2D eigenvalue weighted by molar-refractivity contribution is 5.87. The van der Waals surface area contributed by atoms with E-state index < -0.39 is 6.04 Å². The van der Waals surface area contributed by atoms with Crippen LogP contribution >= 0.6 is 0 Å². The molecule has 1 aromatic heterocycles. The number of rotatable bonds is 3. The fraction of sp³-hybridized carbons (Fsp3) is 0.500. The van der Waals surface area contributed by atoms with Crippen LogP contribution in [0.3, 0.4) is 0 Å². The molecule has 1 fully saturated rings. The van der Waals surface area contributed by atoms with E-state index in [9.17, 15) is 14.4 Å². The van der Waals surface area contributed by atoms with Crippen molar-refractivity contribution in [1.29, 1.82) is 0 Å². The summed E-state index contributed by atoms with van der Waals surface area (Å²) in [5, 5.41) is 2.58. The van der Waals surface area contributed by atoms with E-state index in [1.165, 1.54) is 22.9 Å². The van der Waals surface area contributed by atoms with Crippen molar-refractivity contribution in [2.45, 2.75) is 31.8 Å². The summed E-state index contributed by atoms with van der Waals surface area (Å²) >= 11 is 0. The fourth-order valence-electron chi connectivity index (χ4n) is 2.58. The molecule has 1 saturated heterocycles. The first-order chi connectivity index (χ1) is 10.0. The molecule has 0 saturated carbocycles. The molecule has 0 spiro atoms. The molecule has 0 aliphatic carbocycles. The number of pyridine rings is 1. The number of likely N-dealkylation sites (N-methyl/N-ethyl adjacent to an activating group) is 1. The normalized spacial score (nSPS) is 18.3. The number of nitrogens with zero attached hydrogens (tertiary/aromatic N) is 2. The van der Waals surface area contributed by atoms with Crippen molar-refractivity contribution in [1.82, 2.24) is 14.8 Å². The zero-order valence-electron chi connectivity index (χ0n) is 12.0. The molecular formula is C14H20N4O3. The van der Waals surface area contributed by atoms with Gasteiger partial charge in [0.05, 0.1) is 0 Å². The van der Waals surface area contributed by atoms with Crippen molar-refractivity contribution in [2.75, 3.05) is 19.3 Å². The van der Waals surface area contributed by atoms with Gasteiger partial charge in [0.1, 0.15) is 12.6 Å². The quantitative estimate of drug-likeness (QED) is 0.789. The molecule has 0 aromatic carbocycles. The molecule has 1 aliphatic heterocycles. The van der Waals surface area contributed by atoms with E-state index in [2.05, 4.69) is 5.32 Å². The number of hydrogen-bond acceptors (Lipinski definition) is 4. The van der Waals surface area contributed by atoms with Gasteiger partial charge in [-0.25, -0.2) is 0 Å². The highest BCUT2D eigenvalue weighted by atomic mass is 16.2. The highest BCUT2D eigenvalue weighted by Gasteiger charge is 2.31. The SMILES string of the molecule is CNC(=O)C1CCCCN1C(=O)Cn1cc(N)ccc1=O. The van der Waals surface area contributed by atoms with Crippen LogP contribution in [0.4, 0.5) is 5.69 Å². The van der Waals surface area contributed by atoms with Crippen LogP contribution in [0.25, 0.3) is 0 Å². The predicted molar refractivity (Wildman–Crippen MR) is 78.5 cm³/mol. The van der Waals surface area contributed by atoms with Crippen LogP contribution in [0.1, 0.15) is 19.3 Å². The van der Waals surface area contributed by atoms with Crippen molar-refractivity contribution >= 4 is 17.5 Å². The summed E-state index contributed by atoms with van der Waals surface area (Å²) in [6.07, 6.45) is 3.88. The van der Waals surface area contributed by atoms with Gasteiger partial charge in [-0.2, -0.15) is 0 Å². The fourth-order valence-corrected chi connectivity index (χ4v) is 2.58. The molecule has 7 heteroatoms. The predicted octanol–water partition coefficient (Wildman–Crippen LogP) is -0.442. The highest BCUT2D eigenvalue weighted by Crippen LogP contribution is 2.17. The van der Waals surface area contributed by atoms with E-state index in [-0.39, 0.29) is 23.9 Å². The number of nitrogens with one attached hydrogen (secondary N) is 1. The van der Waals surface area contributed by atoms with Crippen molar-refractivity contribution < 1.29 is 9.59 Å². The van der Waals surface area contributed by atoms with Crippen molar-refractivity contribution in [3.05, 3.63) is 28.7 Å². The Balaban J connectivity index is 2.16. The maximum absolute atomic E-state index is 12.4. The van der Waals surface area contributed by atoms with Crippen molar-refractivity contribution in [2.24, 2.45) is 0 Å². The zero-order valence-corrected chi connectivity index (χ0v) is 12.0. The maximum atomic E-state index is 12.4. The second-order valence-corrected chi connectivity index (χ2v) is 5.14. The molecule has 3 N–H and O–H groups in total. The van der Waals surface area contributed by atoms with Crippen LogP contribution in [-0.4, -0.2) is 40.9 Å². The van der Waals surface area contributed by atoms with E-state index in [0.717, 1.165) is 12.8 Å². The number of hydrogen-bond donors (Lipinski definition) is 2. The molecule has 7 nitrogen and oxygen atoms in total. The van der Waals surface area contributed by atoms with Gasteiger partial charge < -0.3 is 20.5 Å². The third-order valence-corrected chi connectivity index (χ3v) is 3.68. The summed E-state index contributed by atoms with van der Waals surface area (Å²) in [7, 11) is 1.56. The Hall–Kier alpha value is -2.31. The number of amides is 2. The summed E-state index contributed by atoms with van der Waals surface area (Å²) in [6, 6.07) is 2.38. The maximum Gasteiger partial charge on any atom is 0.251 e. The molecule has 1 unspecified atom stereocenters. The molecule has 2 rings (SSSR count). The number of carbonyl (C=O) groups excluding carboxylic acids is 2. The number of aromatic nitrogens is 1. The monoisotopic (exact) mass is 292 g/mol. The number of anilines is 1. The third kappa shape index (κ3) is 3.42. The molecule has 21 heavy (non-hydrogen) atoms. The van der Waals surface area contributed by atoms with Gasteiger partial charge in [0.15, 0.2) is 0 Å². The standard InChI is InChI=1S/C14H20N4O3/c1-16-14(21)11-4-2-3-7-18(11)13(20)9-17-8-10(15)5-6-12(17)19/h5-6,8,11H,2-4,7,9,15H2,1H3,(H,16,21). The Bertz CT molecular complexity index is 596. The number of piperidine rings is 1. The van der Waals surface area contributed by atoms with E-state index in [0.29, 0.717) is 18.7 Å². The first-order valence-corrected chi connectivity index (χ1v) is 7.00. The van der Waals surface area contributed by atoms with E-state index in [1.807, 2.05) is 0 Å².